The van der Waals surface area contributed by atoms with Crippen LogP contribution in [0, 0.1) is 5.92 Å². The van der Waals surface area contributed by atoms with Gasteiger partial charge in [0.25, 0.3) is 5.56 Å². The number of H-pyrrole nitrogens is 1. The molecule has 1 atom stereocenters. The summed E-state index contributed by atoms with van der Waals surface area (Å²) in [6, 6.07) is 15.7. The molecule has 0 fully saturated rings. The number of carboxylic acid groups (broad SMARTS) is 1. The zero-order valence-corrected chi connectivity index (χ0v) is 22.5. The van der Waals surface area contributed by atoms with E-state index in [0.29, 0.717) is 24.5 Å². The Bertz CT molecular complexity index is 1150. The van der Waals surface area contributed by atoms with Gasteiger partial charge in [0.1, 0.15) is 6.29 Å². The average Bonchev–Trinajstić information content (AvgIpc) is 2.91. The maximum atomic E-state index is 11.8. The standard InChI is InChI=1S/C16H15N3O.C6H10O3.C5H10.C3H6/c1-17-12-6-4-5-11(9-12)10-15-13-7-2-3-8-14(13)16(20)19-18-15;1-2-5(4-7)3-6(8)9;1-3-5-4-2;1-3-2/h2-9,17H,10H2,1H3,(H,19,20);4-5H,2-3H2,1H3,(H,8,9);3H,1,4-5H2,2H3;3H,1H2,2H3. The molecule has 1 heterocycles. The topological polar surface area (TPSA) is 112 Å². The van der Waals surface area contributed by atoms with Crippen LogP contribution in [-0.4, -0.2) is 34.6 Å². The van der Waals surface area contributed by atoms with E-state index in [1.54, 1.807) is 13.0 Å². The third kappa shape index (κ3) is 13.6. The SMILES string of the molecule is C=CC.C=CCCC.CCC(C=O)CC(=O)O.CNc1cccc(Cc2n[nH]c(=O)c3ccccc23)c1. The molecule has 0 saturated heterocycles. The minimum atomic E-state index is -0.908. The van der Waals surface area contributed by atoms with E-state index in [4.69, 9.17) is 5.11 Å². The second kappa shape index (κ2) is 20.2. The Labute approximate surface area is 220 Å². The molecule has 0 aliphatic carbocycles. The zero-order valence-electron chi connectivity index (χ0n) is 22.5. The smallest absolute Gasteiger partial charge is 0.304 e. The lowest BCUT2D eigenvalue weighted by atomic mass is 10.0. The van der Waals surface area contributed by atoms with Crippen molar-refractivity contribution in [1.82, 2.24) is 10.2 Å². The van der Waals surface area contributed by atoms with Crippen LogP contribution in [0.25, 0.3) is 10.8 Å². The van der Waals surface area contributed by atoms with Gasteiger partial charge in [-0.15, -0.1) is 13.2 Å². The minimum Gasteiger partial charge on any atom is -0.481 e. The van der Waals surface area contributed by atoms with Crippen molar-refractivity contribution >= 4 is 28.7 Å². The molecule has 7 nitrogen and oxygen atoms in total. The van der Waals surface area contributed by atoms with Crippen LogP contribution in [0.2, 0.25) is 0 Å². The van der Waals surface area contributed by atoms with Gasteiger partial charge >= 0.3 is 5.97 Å². The van der Waals surface area contributed by atoms with Gasteiger partial charge in [0, 0.05) is 30.5 Å². The lowest BCUT2D eigenvalue weighted by Crippen LogP contribution is -2.11. The van der Waals surface area contributed by atoms with Gasteiger partial charge in [-0.25, -0.2) is 5.10 Å². The van der Waals surface area contributed by atoms with Crippen LogP contribution in [0.4, 0.5) is 5.69 Å². The van der Waals surface area contributed by atoms with Crippen molar-refractivity contribution in [2.24, 2.45) is 5.92 Å². The second-order valence-corrected chi connectivity index (χ2v) is 8.06. The van der Waals surface area contributed by atoms with Crippen LogP contribution < -0.4 is 10.9 Å². The zero-order chi connectivity index (χ0) is 28.1. The molecule has 3 aromatic rings. The number of rotatable bonds is 9. The average molecular weight is 508 g/mol. The first kappa shape index (κ1) is 33.0. The third-order valence-corrected chi connectivity index (χ3v) is 5.01. The molecule has 7 heteroatoms. The van der Waals surface area contributed by atoms with Gasteiger partial charge in [0.2, 0.25) is 0 Å². The number of carboxylic acids is 1. The molecule has 3 rings (SSSR count). The van der Waals surface area contributed by atoms with Crippen molar-refractivity contribution in [1.29, 1.82) is 0 Å². The Hall–Kier alpha value is -4.00. The van der Waals surface area contributed by atoms with Crippen molar-refractivity contribution in [2.45, 2.75) is 52.9 Å². The van der Waals surface area contributed by atoms with E-state index in [1.165, 1.54) is 6.42 Å². The van der Waals surface area contributed by atoms with Crippen molar-refractivity contribution < 1.29 is 14.7 Å². The van der Waals surface area contributed by atoms with Gasteiger partial charge in [0.05, 0.1) is 17.5 Å². The number of carbonyl (C=O) groups excluding carboxylic acids is 1. The Morgan fingerprint density at radius 2 is 1.78 bits per heavy atom. The fraction of sp³-hybridized carbons (Fsp3) is 0.333. The number of aldehydes is 1. The lowest BCUT2D eigenvalue weighted by Gasteiger charge is -2.07. The van der Waals surface area contributed by atoms with E-state index >= 15 is 0 Å². The quantitative estimate of drug-likeness (QED) is 0.228. The Morgan fingerprint density at radius 3 is 2.24 bits per heavy atom. The number of anilines is 1. The molecule has 1 aromatic heterocycles. The molecule has 2 aromatic carbocycles. The minimum absolute atomic E-state index is 0.0417. The number of nitrogens with one attached hydrogen (secondary N) is 2. The maximum Gasteiger partial charge on any atom is 0.304 e. The van der Waals surface area contributed by atoms with Crippen molar-refractivity contribution in [3.63, 3.8) is 0 Å². The van der Waals surface area contributed by atoms with E-state index < -0.39 is 5.97 Å². The fourth-order valence-electron chi connectivity index (χ4n) is 3.05. The van der Waals surface area contributed by atoms with Gasteiger partial charge < -0.3 is 15.2 Å². The van der Waals surface area contributed by atoms with Gasteiger partial charge in [-0.1, -0.05) is 62.8 Å². The maximum absolute atomic E-state index is 11.8. The highest BCUT2D eigenvalue weighted by Gasteiger charge is 2.08. The number of aliphatic carboxylic acids is 1. The first-order chi connectivity index (χ1) is 17.8. The molecule has 0 bridgehead atoms. The molecule has 0 radical (unpaired) electrons. The largest absolute Gasteiger partial charge is 0.481 e. The Morgan fingerprint density at radius 1 is 1.14 bits per heavy atom. The van der Waals surface area contributed by atoms with Gasteiger partial charge in [-0.2, -0.15) is 5.10 Å². The number of aromatic nitrogens is 2. The van der Waals surface area contributed by atoms with E-state index in [9.17, 15) is 14.4 Å². The first-order valence-corrected chi connectivity index (χ1v) is 12.4. The molecule has 0 spiro atoms. The molecule has 0 aliphatic rings. The van der Waals surface area contributed by atoms with Gasteiger partial charge in [-0.05, 0) is 43.5 Å². The number of aromatic amines is 1. The molecule has 1 unspecified atom stereocenters. The van der Waals surface area contributed by atoms with E-state index in [1.807, 2.05) is 56.4 Å². The summed E-state index contributed by atoms with van der Waals surface area (Å²) in [5.41, 5.74) is 2.96. The summed E-state index contributed by atoms with van der Waals surface area (Å²) in [7, 11) is 1.90. The molecule has 0 aliphatic heterocycles. The highest BCUT2D eigenvalue weighted by molar-refractivity contribution is 5.83. The number of hydrogen-bond donors (Lipinski definition) is 3. The number of fused-ring (bicyclic) bond motifs is 1. The number of benzene rings is 2. The van der Waals surface area contributed by atoms with Crippen molar-refractivity contribution in [3.8, 4) is 0 Å². The number of allylic oxidation sites excluding steroid dienone is 2. The highest BCUT2D eigenvalue weighted by Crippen LogP contribution is 2.18. The summed E-state index contributed by atoms with van der Waals surface area (Å²) in [5.74, 6) is -1.21. The second-order valence-electron chi connectivity index (χ2n) is 8.06. The number of nitrogens with zero attached hydrogens (tertiary/aromatic N) is 1. The fourth-order valence-corrected chi connectivity index (χ4v) is 3.05. The first-order valence-electron chi connectivity index (χ1n) is 12.4. The van der Waals surface area contributed by atoms with E-state index in [2.05, 4.69) is 47.7 Å². The lowest BCUT2D eigenvalue weighted by molar-refractivity contribution is -0.139. The third-order valence-electron chi connectivity index (χ3n) is 5.01. The summed E-state index contributed by atoms with van der Waals surface area (Å²) >= 11 is 0. The summed E-state index contributed by atoms with van der Waals surface area (Å²) in [6.45, 7) is 12.7. The van der Waals surface area contributed by atoms with Crippen LogP contribution in [0.3, 0.4) is 0 Å². The summed E-state index contributed by atoms with van der Waals surface area (Å²) in [5, 5.41) is 19.7. The van der Waals surface area contributed by atoms with Crippen LogP contribution >= 0.6 is 0 Å². The molecule has 200 valence electrons. The summed E-state index contributed by atoms with van der Waals surface area (Å²) in [4.78, 5) is 31.7. The van der Waals surface area contributed by atoms with Crippen LogP contribution in [0.15, 0.2) is 78.6 Å². The summed E-state index contributed by atoms with van der Waals surface area (Å²) in [6.07, 6.45) is 8.00. The normalized spacial score (nSPS) is 10.2. The van der Waals surface area contributed by atoms with Gasteiger partial charge in [0.15, 0.2) is 0 Å². The van der Waals surface area contributed by atoms with Crippen LogP contribution in [0.5, 0.6) is 0 Å². The van der Waals surface area contributed by atoms with Crippen LogP contribution in [-0.2, 0) is 16.0 Å². The number of hydrogen-bond acceptors (Lipinski definition) is 5. The number of unbranched alkanes of at least 4 members (excludes halogenated alkanes) is 1. The monoisotopic (exact) mass is 507 g/mol. The number of carbonyl (C=O) groups is 2. The van der Waals surface area contributed by atoms with E-state index in [0.717, 1.165) is 28.8 Å². The van der Waals surface area contributed by atoms with Gasteiger partial charge in [-0.3, -0.25) is 9.59 Å². The van der Waals surface area contributed by atoms with Crippen molar-refractivity contribution in [2.75, 3.05) is 12.4 Å². The predicted molar refractivity (Wildman–Crippen MR) is 154 cm³/mol. The van der Waals surface area contributed by atoms with Crippen molar-refractivity contribution in [3.05, 3.63) is 95.5 Å². The highest BCUT2D eigenvalue weighted by atomic mass is 16.4. The van der Waals surface area contributed by atoms with E-state index in [-0.39, 0.29) is 17.9 Å². The Kier molecular flexibility index (Phi) is 18.0. The molecule has 37 heavy (non-hydrogen) atoms. The molecule has 0 saturated carbocycles. The Balaban J connectivity index is 0.000000635. The molecule has 3 N–H and O–H groups in total. The molecular formula is C30H41N3O4. The van der Waals surface area contributed by atoms with Crippen LogP contribution in [0.1, 0.15) is 57.7 Å². The molecular weight excluding hydrogens is 466 g/mol. The molecule has 0 amide bonds. The summed E-state index contributed by atoms with van der Waals surface area (Å²) < 4.78 is 0. The predicted octanol–water partition coefficient (Wildman–Crippen LogP) is 6.41.